The van der Waals surface area contributed by atoms with Crippen molar-refractivity contribution in [3.8, 4) is 11.6 Å². The van der Waals surface area contributed by atoms with E-state index in [1.807, 2.05) is 21.2 Å². The van der Waals surface area contributed by atoms with Crippen LogP contribution in [0.1, 0.15) is 20.2 Å². The number of nitrogens with zero attached hydrogens (tertiary/aromatic N) is 5. The third-order valence-corrected chi connectivity index (χ3v) is 6.97. The van der Waals surface area contributed by atoms with Gasteiger partial charge in [-0.3, -0.25) is 14.5 Å². The van der Waals surface area contributed by atoms with Crippen molar-refractivity contribution in [2.75, 3.05) is 39.3 Å². The van der Waals surface area contributed by atoms with Crippen molar-refractivity contribution in [2.24, 2.45) is 0 Å². The number of piperazine rings is 1. The summed E-state index contributed by atoms with van der Waals surface area (Å²) in [5, 5.41) is 2.72. The van der Waals surface area contributed by atoms with Gasteiger partial charge in [-0.2, -0.15) is 0 Å². The highest BCUT2D eigenvalue weighted by Gasteiger charge is 2.37. The zero-order chi connectivity index (χ0) is 22.8. The van der Waals surface area contributed by atoms with E-state index < -0.39 is 0 Å². The first-order valence-electron chi connectivity index (χ1n) is 10.7. The Morgan fingerprint density at radius 2 is 1.79 bits per heavy atom. The molecule has 5 rings (SSSR count). The lowest BCUT2D eigenvalue weighted by Gasteiger charge is -2.48. The minimum absolute atomic E-state index is 0.00224. The zero-order valence-corrected chi connectivity index (χ0v) is 19.3. The lowest BCUT2D eigenvalue weighted by Crippen LogP contribution is -2.64. The lowest BCUT2D eigenvalue weighted by atomic mass is 10.0. The van der Waals surface area contributed by atoms with E-state index in [9.17, 15) is 9.59 Å². The fourth-order valence-corrected chi connectivity index (χ4v) is 4.85. The van der Waals surface area contributed by atoms with E-state index in [1.165, 1.54) is 11.3 Å². The summed E-state index contributed by atoms with van der Waals surface area (Å²) in [6, 6.07) is 10.7. The predicted octanol–water partition coefficient (Wildman–Crippen LogP) is 3.27. The molecule has 0 saturated carbocycles. The molecule has 10 heteroatoms. The first-order chi connectivity index (χ1) is 16.1. The second-order valence-corrected chi connectivity index (χ2v) is 9.25. The number of ether oxygens (including phenoxy) is 1. The van der Waals surface area contributed by atoms with E-state index in [-0.39, 0.29) is 11.8 Å². The van der Waals surface area contributed by atoms with Gasteiger partial charge in [-0.25, -0.2) is 9.97 Å². The molecule has 8 nitrogen and oxygen atoms in total. The molecular formula is C23H22ClN5O3S. The van der Waals surface area contributed by atoms with Gasteiger partial charge in [0.05, 0.1) is 5.02 Å². The summed E-state index contributed by atoms with van der Waals surface area (Å²) in [5.41, 5.74) is 0.533. The van der Waals surface area contributed by atoms with Crippen molar-refractivity contribution in [1.82, 2.24) is 24.7 Å². The van der Waals surface area contributed by atoms with Gasteiger partial charge in [-0.05, 0) is 24.3 Å². The molecule has 2 aliphatic rings. The Bertz CT molecular complexity index is 1130. The van der Waals surface area contributed by atoms with Crippen molar-refractivity contribution in [3.63, 3.8) is 0 Å². The fourth-order valence-electron chi connectivity index (χ4n) is 4.03. The van der Waals surface area contributed by atoms with Crippen molar-refractivity contribution in [3.05, 3.63) is 69.8 Å². The monoisotopic (exact) mass is 483 g/mol. The molecule has 3 aromatic rings. The standard InChI is InChI=1S/C23H22ClN5O3S/c24-18-13-16(4-5-19(18)32-20-3-1-2-6-25-20)22(30)29-14-17(15-29)27-8-10-28(11-9-27)23(31)21-26-7-12-33-21/h1-7,12-13,17H,8-11,14-15H2. The average molecular weight is 484 g/mol. The van der Waals surface area contributed by atoms with Crippen LogP contribution < -0.4 is 4.74 Å². The third-order valence-electron chi connectivity index (χ3n) is 5.91. The number of carbonyl (C=O) groups excluding carboxylic acids is 2. The fraction of sp³-hybridized carbons (Fsp3) is 0.304. The number of hydrogen-bond donors (Lipinski definition) is 0. The highest BCUT2D eigenvalue weighted by Crippen LogP contribution is 2.30. The first kappa shape index (κ1) is 21.8. The molecule has 0 atom stereocenters. The maximum atomic E-state index is 12.9. The maximum Gasteiger partial charge on any atom is 0.282 e. The van der Waals surface area contributed by atoms with Gasteiger partial charge in [0.15, 0.2) is 5.01 Å². The topological polar surface area (TPSA) is 78.9 Å². The van der Waals surface area contributed by atoms with Crippen LogP contribution in [0.4, 0.5) is 0 Å². The molecule has 0 bridgehead atoms. The highest BCUT2D eigenvalue weighted by atomic mass is 35.5. The second kappa shape index (κ2) is 9.46. The lowest BCUT2D eigenvalue weighted by molar-refractivity contribution is 0.00853. The maximum absolute atomic E-state index is 12.9. The van der Waals surface area contributed by atoms with Gasteiger partial charge in [0.1, 0.15) is 5.75 Å². The Kier molecular flexibility index (Phi) is 6.26. The minimum atomic E-state index is -0.0462. The molecule has 33 heavy (non-hydrogen) atoms. The molecule has 2 amide bonds. The van der Waals surface area contributed by atoms with Crippen LogP contribution in [0.25, 0.3) is 0 Å². The number of carbonyl (C=O) groups is 2. The Balaban J connectivity index is 1.12. The highest BCUT2D eigenvalue weighted by molar-refractivity contribution is 7.11. The SMILES string of the molecule is O=C(c1ccc(Oc2ccccn2)c(Cl)c1)N1CC(N2CCN(C(=O)c3nccs3)CC2)C1. The summed E-state index contributed by atoms with van der Waals surface area (Å²) < 4.78 is 5.68. The molecule has 2 aromatic heterocycles. The van der Waals surface area contributed by atoms with Crippen LogP contribution in [0.3, 0.4) is 0 Å². The van der Waals surface area contributed by atoms with Crippen LogP contribution in [-0.2, 0) is 0 Å². The van der Waals surface area contributed by atoms with E-state index in [2.05, 4.69) is 14.9 Å². The van der Waals surface area contributed by atoms with Crippen LogP contribution in [0.2, 0.25) is 5.02 Å². The number of amides is 2. The van der Waals surface area contributed by atoms with Gasteiger partial charge < -0.3 is 14.5 Å². The molecule has 0 spiro atoms. The average Bonchev–Trinajstić information content (AvgIpc) is 3.35. The number of pyridine rings is 1. The molecule has 2 saturated heterocycles. The predicted molar refractivity (Wildman–Crippen MR) is 125 cm³/mol. The summed E-state index contributed by atoms with van der Waals surface area (Å²) in [7, 11) is 0. The zero-order valence-electron chi connectivity index (χ0n) is 17.8. The van der Waals surface area contributed by atoms with Gasteiger partial charge in [0.25, 0.3) is 11.8 Å². The molecule has 0 aliphatic carbocycles. The van der Waals surface area contributed by atoms with Crippen molar-refractivity contribution < 1.29 is 14.3 Å². The Labute approximate surface area is 200 Å². The summed E-state index contributed by atoms with van der Waals surface area (Å²) in [5.74, 6) is 0.855. The number of benzene rings is 1. The van der Waals surface area contributed by atoms with Gasteiger partial charge in [0.2, 0.25) is 5.88 Å². The van der Waals surface area contributed by atoms with E-state index >= 15 is 0 Å². The van der Waals surface area contributed by atoms with Crippen LogP contribution in [-0.4, -0.2) is 81.8 Å². The Morgan fingerprint density at radius 1 is 0.970 bits per heavy atom. The summed E-state index contributed by atoms with van der Waals surface area (Å²) >= 11 is 7.72. The summed E-state index contributed by atoms with van der Waals surface area (Å²) in [6.07, 6.45) is 3.29. The largest absolute Gasteiger partial charge is 0.437 e. The molecule has 2 aliphatic heterocycles. The summed E-state index contributed by atoms with van der Waals surface area (Å²) in [4.78, 5) is 39.6. The van der Waals surface area contributed by atoms with Crippen LogP contribution in [0.5, 0.6) is 11.6 Å². The molecule has 170 valence electrons. The normalized spacial score (nSPS) is 17.0. The molecule has 4 heterocycles. The van der Waals surface area contributed by atoms with E-state index in [0.717, 1.165) is 13.1 Å². The molecule has 1 aromatic carbocycles. The van der Waals surface area contributed by atoms with Gasteiger partial charge in [-0.1, -0.05) is 17.7 Å². The van der Waals surface area contributed by atoms with Gasteiger partial charge >= 0.3 is 0 Å². The van der Waals surface area contributed by atoms with E-state index in [1.54, 1.807) is 42.7 Å². The first-order valence-corrected chi connectivity index (χ1v) is 11.9. The van der Waals surface area contributed by atoms with Gasteiger partial charge in [0, 0.05) is 74.7 Å². The van der Waals surface area contributed by atoms with Crippen LogP contribution >= 0.6 is 22.9 Å². The minimum Gasteiger partial charge on any atom is -0.437 e. The van der Waals surface area contributed by atoms with Gasteiger partial charge in [-0.15, -0.1) is 11.3 Å². The Hall–Kier alpha value is -3.01. The molecule has 0 radical (unpaired) electrons. The quantitative estimate of drug-likeness (QED) is 0.554. The Morgan fingerprint density at radius 3 is 2.45 bits per heavy atom. The van der Waals surface area contributed by atoms with Crippen LogP contribution in [0.15, 0.2) is 54.2 Å². The number of aromatic nitrogens is 2. The molecule has 2 fully saturated rings. The summed E-state index contributed by atoms with van der Waals surface area (Å²) in [6.45, 7) is 4.29. The number of rotatable bonds is 5. The van der Waals surface area contributed by atoms with Crippen molar-refractivity contribution in [2.45, 2.75) is 6.04 Å². The third kappa shape index (κ3) is 4.71. The van der Waals surface area contributed by atoms with Crippen LogP contribution in [0, 0.1) is 0 Å². The van der Waals surface area contributed by atoms with E-state index in [0.29, 0.717) is 59.4 Å². The molecular weight excluding hydrogens is 462 g/mol. The van der Waals surface area contributed by atoms with Crippen molar-refractivity contribution in [1.29, 1.82) is 0 Å². The number of likely N-dealkylation sites (tertiary alicyclic amines) is 1. The number of hydrogen-bond acceptors (Lipinski definition) is 7. The molecule has 0 unspecified atom stereocenters. The van der Waals surface area contributed by atoms with Crippen molar-refractivity contribution >= 4 is 34.8 Å². The smallest absolute Gasteiger partial charge is 0.282 e. The number of halogens is 1. The van der Waals surface area contributed by atoms with E-state index in [4.69, 9.17) is 16.3 Å². The molecule has 0 N–H and O–H groups in total. The number of thiazole rings is 1. The second-order valence-electron chi connectivity index (χ2n) is 7.94.